The second-order valence-corrected chi connectivity index (χ2v) is 8.09. The Labute approximate surface area is 187 Å². The molecule has 1 N–H and O–H groups in total. The Hall–Kier alpha value is -3.42. The molecule has 1 aliphatic rings. The Balaban J connectivity index is 1.89. The Kier molecular flexibility index (Phi) is 7.12. The third-order valence-corrected chi connectivity index (χ3v) is 6.07. The van der Waals surface area contributed by atoms with E-state index in [-0.39, 0.29) is 23.3 Å². The van der Waals surface area contributed by atoms with Crippen molar-refractivity contribution in [2.75, 3.05) is 12.4 Å². The summed E-state index contributed by atoms with van der Waals surface area (Å²) in [6.45, 7) is 3.89. The summed E-state index contributed by atoms with van der Waals surface area (Å²) in [5.74, 6) is -0.351. The number of ether oxygens (including phenoxy) is 2. The molecule has 32 heavy (non-hydrogen) atoms. The van der Waals surface area contributed by atoms with E-state index in [0.717, 1.165) is 24.8 Å². The second kappa shape index (κ2) is 9.80. The summed E-state index contributed by atoms with van der Waals surface area (Å²) < 4.78 is 10.7. The topological polar surface area (TPSA) is 108 Å². The van der Waals surface area contributed by atoms with Crippen LogP contribution in [0.1, 0.15) is 61.9 Å². The lowest BCUT2D eigenvalue weighted by Crippen LogP contribution is -2.38. The van der Waals surface area contributed by atoms with Crippen molar-refractivity contribution in [3.63, 3.8) is 0 Å². The van der Waals surface area contributed by atoms with E-state index < -0.39 is 16.3 Å². The monoisotopic (exact) mass is 440 g/mol. The molecule has 0 saturated heterocycles. The van der Waals surface area contributed by atoms with Gasteiger partial charge in [0.1, 0.15) is 11.3 Å². The number of benzene rings is 2. The van der Waals surface area contributed by atoms with Crippen LogP contribution in [0.25, 0.3) is 0 Å². The molecule has 0 heterocycles. The number of nitro benzene ring substituents is 1. The Morgan fingerprint density at radius 3 is 2.38 bits per heavy atom. The molecule has 2 aromatic carbocycles. The molecule has 8 heteroatoms. The number of hydrogen-bond donors (Lipinski definition) is 1. The van der Waals surface area contributed by atoms with Gasteiger partial charge in [-0.05, 0) is 49.9 Å². The number of nitrogens with one attached hydrogen (secondary N) is 1. The fraction of sp³-hybridized carbons (Fsp3) is 0.417. The van der Waals surface area contributed by atoms with E-state index in [0.29, 0.717) is 24.3 Å². The van der Waals surface area contributed by atoms with Crippen LogP contribution in [-0.2, 0) is 14.9 Å². The van der Waals surface area contributed by atoms with Crippen molar-refractivity contribution >= 4 is 23.3 Å². The predicted molar refractivity (Wildman–Crippen MR) is 120 cm³/mol. The average molecular weight is 440 g/mol. The lowest BCUT2D eigenvalue weighted by Gasteiger charge is -2.28. The molecular weight excluding hydrogens is 412 g/mol. The van der Waals surface area contributed by atoms with Gasteiger partial charge in [-0.3, -0.25) is 14.9 Å². The third kappa shape index (κ3) is 4.74. The zero-order valence-electron chi connectivity index (χ0n) is 18.6. The van der Waals surface area contributed by atoms with E-state index in [2.05, 4.69) is 5.32 Å². The summed E-state index contributed by atoms with van der Waals surface area (Å²) in [7, 11) is 1.29. The quantitative estimate of drug-likeness (QED) is 0.351. The second-order valence-electron chi connectivity index (χ2n) is 8.09. The summed E-state index contributed by atoms with van der Waals surface area (Å²) >= 11 is 0. The van der Waals surface area contributed by atoms with Gasteiger partial charge in [-0.25, -0.2) is 4.79 Å². The summed E-state index contributed by atoms with van der Waals surface area (Å²) in [5.41, 5.74) is 0.665. The van der Waals surface area contributed by atoms with E-state index in [1.807, 2.05) is 13.8 Å². The highest BCUT2D eigenvalue weighted by molar-refractivity contribution is 6.01. The Bertz CT molecular complexity index is 996. The van der Waals surface area contributed by atoms with Gasteiger partial charge >= 0.3 is 5.97 Å². The molecule has 1 fully saturated rings. The number of amides is 1. The maximum absolute atomic E-state index is 13.4. The van der Waals surface area contributed by atoms with Gasteiger partial charge in [-0.1, -0.05) is 31.9 Å². The molecule has 0 aromatic heterocycles. The van der Waals surface area contributed by atoms with Crippen LogP contribution in [0, 0.1) is 10.1 Å². The summed E-state index contributed by atoms with van der Waals surface area (Å²) in [4.78, 5) is 36.3. The smallest absolute Gasteiger partial charge is 0.341 e. The van der Waals surface area contributed by atoms with Gasteiger partial charge in [0.15, 0.2) is 0 Å². The van der Waals surface area contributed by atoms with Crippen molar-refractivity contribution in [1.82, 2.24) is 0 Å². The van der Waals surface area contributed by atoms with Crippen molar-refractivity contribution in [2.45, 2.75) is 57.5 Å². The van der Waals surface area contributed by atoms with Crippen molar-refractivity contribution < 1.29 is 24.0 Å². The lowest BCUT2D eigenvalue weighted by molar-refractivity contribution is -0.384. The normalized spacial score (nSPS) is 15.6. The first-order chi connectivity index (χ1) is 15.3. The van der Waals surface area contributed by atoms with Gasteiger partial charge in [0, 0.05) is 17.8 Å². The van der Waals surface area contributed by atoms with Crippen molar-refractivity contribution in [2.24, 2.45) is 0 Å². The summed E-state index contributed by atoms with van der Waals surface area (Å²) in [6.07, 6.45) is 3.77. The van der Waals surface area contributed by atoms with Crippen LogP contribution in [0.4, 0.5) is 11.4 Å². The van der Waals surface area contributed by atoms with E-state index >= 15 is 0 Å². The molecule has 1 saturated carbocycles. The number of nitrogens with zero attached hydrogens (tertiary/aromatic N) is 1. The first kappa shape index (κ1) is 23.2. The number of anilines is 1. The van der Waals surface area contributed by atoms with Crippen molar-refractivity contribution in [1.29, 1.82) is 0 Å². The molecule has 3 rings (SSSR count). The van der Waals surface area contributed by atoms with E-state index in [4.69, 9.17) is 9.47 Å². The van der Waals surface area contributed by atoms with Gasteiger partial charge < -0.3 is 14.8 Å². The number of carbonyl (C=O) groups is 2. The predicted octanol–water partition coefficient (Wildman–Crippen LogP) is 5.01. The van der Waals surface area contributed by atoms with Crippen LogP contribution in [0.5, 0.6) is 5.75 Å². The fourth-order valence-corrected chi connectivity index (χ4v) is 4.06. The molecule has 8 nitrogen and oxygen atoms in total. The summed E-state index contributed by atoms with van der Waals surface area (Å²) in [5, 5.41) is 13.9. The van der Waals surface area contributed by atoms with Crippen LogP contribution in [-0.4, -0.2) is 30.0 Å². The minimum Gasteiger partial charge on any atom is -0.490 e. The summed E-state index contributed by atoms with van der Waals surface area (Å²) in [6, 6.07) is 11.1. The van der Waals surface area contributed by atoms with Gasteiger partial charge in [-0.2, -0.15) is 0 Å². The number of carbonyl (C=O) groups excluding carboxylic acids is 2. The molecule has 0 radical (unpaired) electrons. The zero-order chi connectivity index (χ0) is 23.3. The average Bonchev–Trinajstić information content (AvgIpc) is 3.30. The molecule has 1 atom stereocenters. The van der Waals surface area contributed by atoms with Gasteiger partial charge in [-0.15, -0.1) is 0 Å². The maximum atomic E-state index is 13.4. The number of hydrogen-bond acceptors (Lipinski definition) is 6. The number of non-ortho nitro benzene ring substituents is 1. The molecule has 1 aliphatic carbocycles. The van der Waals surface area contributed by atoms with Gasteiger partial charge in [0.2, 0.25) is 5.91 Å². The molecule has 0 unspecified atom stereocenters. The SMILES string of the molecule is CC[C@@H](C)Oc1ccc(NC(=O)C2(c3ccc([N+](=O)[O-])cc3)CCCC2)cc1C(=O)OC. The van der Waals surface area contributed by atoms with Crippen LogP contribution in [0.3, 0.4) is 0 Å². The van der Waals surface area contributed by atoms with Crippen molar-refractivity contribution in [3.05, 3.63) is 63.7 Å². The van der Waals surface area contributed by atoms with Crippen LogP contribution >= 0.6 is 0 Å². The number of methoxy groups -OCH3 is 1. The van der Waals surface area contributed by atoms with Gasteiger partial charge in [0.05, 0.1) is 23.6 Å². The highest BCUT2D eigenvalue weighted by Crippen LogP contribution is 2.42. The van der Waals surface area contributed by atoms with Crippen LogP contribution < -0.4 is 10.1 Å². The number of rotatable bonds is 8. The van der Waals surface area contributed by atoms with E-state index in [1.165, 1.54) is 19.2 Å². The standard InChI is InChI=1S/C24H28N2O6/c1-4-16(2)32-21-12-9-18(15-20(21)22(27)31-3)25-23(28)24(13-5-6-14-24)17-7-10-19(11-8-17)26(29)30/h7-12,15-16H,4-6,13-14H2,1-3H3,(H,25,28)/t16-/m1/s1. The maximum Gasteiger partial charge on any atom is 0.341 e. The minimum absolute atomic E-state index is 0.0121. The Morgan fingerprint density at radius 2 is 1.81 bits per heavy atom. The van der Waals surface area contributed by atoms with Crippen LogP contribution in [0.15, 0.2) is 42.5 Å². The highest BCUT2D eigenvalue weighted by atomic mass is 16.6. The van der Waals surface area contributed by atoms with E-state index in [9.17, 15) is 19.7 Å². The number of nitro groups is 1. The molecule has 0 bridgehead atoms. The lowest BCUT2D eigenvalue weighted by atomic mass is 9.78. The van der Waals surface area contributed by atoms with Crippen molar-refractivity contribution in [3.8, 4) is 5.75 Å². The molecule has 0 aliphatic heterocycles. The molecule has 1 amide bonds. The largest absolute Gasteiger partial charge is 0.490 e. The highest BCUT2D eigenvalue weighted by Gasteiger charge is 2.43. The van der Waals surface area contributed by atoms with Gasteiger partial charge in [0.25, 0.3) is 5.69 Å². The van der Waals surface area contributed by atoms with Crippen LogP contribution in [0.2, 0.25) is 0 Å². The zero-order valence-corrected chi connectivity index (χ0v) is 18.6. The first-order valence-electron chi connectivity index (χ1n) is 10.8. The third-order valence-electron chi connectivity index (χ3n) is 6.07. The Morgan fingerprint density at radius 1 is 1.16 bits per heavy atom. The minimum atomic E-state index is -0.771. The molecular formula is C24H28N2O6. The first-order valence-corrected chi connectivity index (χ1v) is 10.8. The van der Waals surface area contributed by atoms with E-state index in [1.54, 1.807) is 30.3 Å². The molecule has 170 valence electrons. The molecule has 2 aromatic rings. The molecule has 0 spiro atoms. The fourth-order valence-electron chi connectivity index (χ4n) is 4.06. The number of esters is 1.